The summed E-state index contributed by atoms with van der Waals surface area (Å²) in [5.41, 5.74) is 11.9. The van der Waals surface area contributed by atoms with E-state index >= 15 is 0 Å². The van der Waals surface area contributed by atoms with Crippen molar-refractivity contribution in [1.29, 1.82) is 0 Å². The van der Waals surface area contributed by atoms with E-state index < -0.39 is 0 Å². The molecule has 0 fully saturated rings. The number of para-hydroxylation sites is 1. The van der Waals surface area contributed by atoms with Crippen LogP contribution in [0.15, 0.2) is 193 Å². The molecule has 0 N–H and O–H groups in total. The van der Waals surface area contributed by atoms with Gasteiger partial charge in [-0.15, -0.1) is 0 Å². The molecule has 4 nitrogen and oxygen atoms in total. The van der Waals surface area contributed by atoms with Crippen molar-refractivity contribution in [1.82, 2.24) is 15.0 Å². The van der Waals surface area contributed by atoms with E-state index in [4.69, 9.17) is 19.4 Å². The Morgan fingerprint density at radius 3 is 1.97 bits per heavy atom. The maximum atomic E-state index is 7.01. The first kappa shape index (κ1) is 34.6. The SMILES string of the molecule is CC1(C)c2cc(-c3cccc4c3oc3cc(-c5nc(-c6ccc(-c7ccccc7)cc6)nc(-c6ccc7ccccc7c6)n5)c5ccccc5c34)ccc2C2C=CC=CC21. The van der Waals surface area contributed by atoms with Crippen molar-refractivity contribution in [3.63, 3.8) is 0 Å². The van der Waals surface area contributed by atoms with Crippen molar-refractivity contribution in [2.24, 2.45) is 5.92 Å². The van der Waals surface area contributed by atoms with Crippen LogP contribution in [0.3, 0.4) is 0 Å². The third kappa shape index (κ3) is 5.41. The number of hydrogen-bond acceptors (Lipinski definition) is 4. The quantitative estimate of drug-likeness (QED) is 0.175. The fourth-order valence-electron chi connectivity index (χ4n) is 9.95. The molecule has 0 radical (unpaired) electrons. The Morgan fingerprint density at radius 2 is 1.12 bits per heavy atom. The minimum Gasteiger partial charge on any atom is -0.455 e. The Labute approximate surface area is 348 Å². The molecule has 8 aromatic carbocycles. The highest BCUT2D eigenvalue weighted by Crippen LogP contribution is 2.54. The number of benzene rings is 8. The average Bonchev–Trinajstić information content (AvgIpc) is 3.80. The van der Waals surface area contributed by atoms with Crippen LogP contribution < -0.4 is 0 Å². The summed E-state index contributed by atoms with van der Waals surface area (Å²) in [6.45, 7) is 4.77. The summed E-state index contributed by atoms with van der Waals surface area (Å²) in [7, 11) is 0. The zero-order valence-electron chi connectivity index (χ0n) is 33.3. The van der Waals surface area contributed by atoms with Gasteiger partial charge in [-0.2, -0.15) is 0 Å². The summed E-state index contributed by atoms with van der Waals surface area (Å²) in [6.07, 6.45) is 9.14. The summed E-state index contributed by atoms with van der Waals surface area (Å²) >= 11 is 0. The summed E-state index contributed by atoms with van der Waals surface area (Å²) in [5.74, 6) is 2.69. The number of furan rings is 1. The molecule has 0 aliphatic heterocycles. The molecule has 0 amide bonds. The number of fused-ring (bicyclic) bond motifs is 9. The Bertz CT molecular complexity index is 3410. The lowest BCUT2D eigenvalue weighted by Crippen LogP contribution is -2.24. The highest BCUT2D eigenvalue weighted by Gasteiger charge is 2.44. The normalized spacial score (nSPS) is 16.5. The maximum absolute atomic E-state index is 7.01. The van der Waals surface area contributed by atoms with Crippen molar-refractivity contribution in [3.05, 3.63) is 199 Å². The van der Waals surface area contributed by atoms with Gasteiger partial charge >= 0.3 is 0 Å². The third-order valence-electron chi connectivity index (χ3n) is 13.0. The van der Waals surface area contributed by atoms with Crippen LogP contribution in [0.2, 0.25) is 0 Å². The molecule has 2 heterocycles. The molecule has 2 aromatic heterocycles. The molecule has 0 saturated carbocycles. The highest BCUT2D eigenvalue weighted by atomic mass is 16.3. The lowest BCUT2D eigenvalue weighted by Gasteiger charge is -2.29. The second-order valence-corrected chi connectivity index (χ2v) is 16.8. The van der Waals surface area contributed by atoms with Gasteiger partial charge in [0.05, 0.1) is 0 Å². The van der Waals surface area contributed by atoms with Crippen LogP contribution in [0, 0.1) is 5.92 Å². The van der Waals surface area contributed by atoms with Crippen LogP contribution in [0.5, 0.6) is 0 Å². The van der Waals surface area contributed by atoms with E-state index in [1.54, 1.807) is 0 Å². The number of aromatic nitrogens is 3. The van der Waals surface area contributed by atoms with Gasteiger partial charge in [0.1, 0.15) is 11.2 Å². The molecule has 2 aliphatic rings. The molecule has 0 spiro atoms. The molecular formula is C56H39N3O. The van der Waals surface area contributed by atoms with Gasteiger partial charge in [0.15, 0.2) is 17.5 Å². The van der Waals surface area contributed by atoms with Crippen molar-refractivity contribution < 1.29 is 4.42 Å². The molecule has 2 unspecified atom stereocenters. The van der Waals surface area contributed by atoms with Gasteiger partial charge < -0.3 is 4.42 Å². The van der Waals surface area contributed by atoms with E-state index in [9.17, 15) is 0 Å². The van der Waals surface area contributed by atoms with Crippen LogP contribution in [-0.2, 0) is 5.41 Å². The Hall–Kier alpha value is -7.43. The van der Waals surface area contributed by atoms with Crippen LogP contribution in [-0.4, -0.2) is 15.0 Å². The van der Waals surface area contributed by atoms with Gasteiger partial charge in [-0.05, 0) is 72.8 Å². The second kappa shape index (κ2) is 13.3. The van der Waals surface area contributed by atoms with E-state index in [0.29, 0.717) is 29.3 Å². The Kier molecular flexibility index (Phi) is 7.67. The van der Waals surface area contributed by atoms with Gasteiger partial charge in [-0.1, -0.05) is 190 Å². The predicted molar refractivity (Wildman–Crippen MR) is 247 cm³/mol. The van der Waals surface area contributed by atoms with Gasteiger partial charge in [0.2, 0.25) is 0 Å². The standard InChI is InChI=1S/C56H39N3O/c1-56(2)48-22-11-10-18-43(48)44-30-29-39(32-49(44)56)41-20-12-21-46-51-45-19-9-8-17-42(45)47(33-50(51)60-52(41)46)55-58-53(37-26-23-36(24-27-37)34-13-4-3-5-14-34)57-54(59-55)40-28-25-35-15-6-7-16-38(35)31-40/h3-33,43,48H,1-2H3. The molecule has 60 heavy (non-hydrogen) atoms. The minimum atomic E-state index is 0.0170. The molecule has 2 aliphatic carbocycles. The summed E-state index contributed by atoms with van der Waals surface area (Å²) in [6, 6.07) is 58.0. The monoisotopic (exact) mass is 769 g/mol. The largest absolute Gasteiger partial charge is 0.455 e. The summed E-state index contributed by atoms with van der Waals surface area (Å²) < 4.78 is 7.01. The van der Waals surface area contributed by atoms with Crippen LogP contribution in [0.1, 0.15) is 30.9 Å². The van der Waals surface area contributed by atoms with E-state index in [1.165, 1.54) is 27.6 Å². The number of rotatable bonds is 5. The number of allylic oxidation sites excluding steroid dienone is 4. The van der Waals surface area contributed by atoms with Crippen LogP contribution >= 0.6 is 0 Å². The van der Waals surface area contributed by atoms with Crippen molar-refractivity contribution in [3.8, 4) is 56.4 Å². The minimum absolute atomic E-state index is 0.0170. The van der Waals surface area contributed by atoms with Gasteiger partial charge in [-0.25, -0.2) is 15.0 Å². The van der Waals surface area contributed by atoms with E-state index in [-0.39, 0.29) is 5.41 Å². The molecule has 10 aromatic rings. The summed E-state index contributed by atoms with van der Waals surface area (Å²) in [5, 5.41) is 6.64. The molecule has 0 bridgehead atoms. The Balaban J connectivity index is 1.04. The number of nitrogens with zero attached hydrogens (tertiary/aromatic N) is 3. The first-order chi connectivity index (χ1) is 29.5. The highest BCUT2D eigenvalue weighted by molar-refractivity contribution is 6.23. The predicted octanol–water partition coefficient (Wildman–Crippen LogP) is 14.5. The zero-order valence-corrected chi connectivity index (χ0v) is 33.3. The molecule has 2 atom stereocenters. The van der Waals surface area contributed by atoms with E-state index in [1.807, 2.05) is 6.07 Å². The van der Waals surface area contributed by atoms with Crippen molar-refractivity contribution in [2.45, 2.75) is 25.2 Å². The summed E-state index contributed by atoms with van der Waals surface area (Å²) in [4.78, 5) is 15.6. The second-order valence-electron chi connectivity index (χ2n) is 16.8. The van der Waals surface area contributed by atoms with Crippen LogP contribution in [0.25, 0.3) is 99.9 Å². The van der Waals surface area contributed by atoms with Crippen molar-refractivity contribution in [2.75, 3.05) is 0 Å². The zero-order chi connectivity index (χ0) is 40.0. The maximum Gasteiger partial charge on any atom is 0.164 e. The fraction of sp³-hybridized carbons (Fsp3) is 0.0893. The molecule has 12 rings (SSSR count). The third-order valence-corrected chi connectivity index (χ3v) is 13.0. The topological polar surface area (TPSA) is 51.8 Å². The van der Waals surface area contributed by atoms with Crippen LogP contribution in [0.4, 0.5) is 0 Å². The first-order valence-electron chi connectivity index (χ1n) is 20.8. The van der Waals surface area contributed by atoms with Gasteiger partial charge in [-0.3, -0.25) is 0 Å². The molecule has 0 saturated heterocycles. The lowest BCUT2D eigenvalue weighted by atomic mass is 9.74. The molecular weight excluding hydrogens is 731 g/mol. The van der Waals surface area contributed by atoms with Gasteiger partial charge in [0, 0.05) is 38.9 Å². The lowest BCUT2D eigenvalue weighted by molar-refractivity contribution is 0.394. The van der Waals surface area contributed by atoms with E-state index in [0.717, 1.165) is 65.9 Å². The van der Waals surface area contributed by atoms with Gasteiger partial charge in [0.25, 0.3) is 0 Å². The van der Waals surface area contributed by atoms with E-state index in [2.05, 4.69) is 196 Å². The first-order valence-corrected chi connectivity index (χ1v) is 20.8. The molecule has 284 valence electrons. The average molecular weight is 770 g/mol. The van der Waals surface area contributed by atoms with Crippen molar-refractivity contribution >= 4 is 43.5 Å². The smallest absolute Gasteiger partial charge is 0.164 e. The fourth-order valence-corrected chi connectivity index (χ4v) is 9.95. The number of hydrogen-bond donors (Lipinski definition) is 0. The molecule has 4 heteroatoms. The Morgan fingerprint density at radius 1 is 0.467 bits per heavy atom.